The van der Waals surface area contributed by atoms with Crippen LogP contribution in [0.2, 0.25) is 0 Å². The Bertz CT molecular complexity index is 1650. The zero-order valence-corrected chi connectivity index (χ0v) is 25.0. The molecule has 43 heavy (non-hydrogen) atoms. The minimum atomic E-state index is -3.82. The van der Waals surface area contributed by atoms with Gasteiger partial charge >= 0.3 is 0 Å². The number of benzene rings is 1. The lowest BCUT2D eigenvalue weighted by atomic mass is 9.85. The minimum Gasteiger partial charge on any atom is -0.476 e. The third-order valence-corrected chi connectivity index (χ3v) is 9.60. The van der Waals surface area contributed by atoms with Crippen molar-refractivity contribution in [3.8, 4) is 5.88 Å². The first kappa shape index (κ1) is 30.6. The summed E-state index contributed by atoms with van der Waals surface area (Å²) in [6, 6.07) is 7.56. The lowest BCUT2D eigenvalue weighted by Gasteiger charge is -2.28. The number of nitrogens with two attached hydrogens (primary N) is 1. The second-order valence-electron chi connectivity index (χ2n) is 11.1. The Labute approximate surface area is 251 Å². The fourth-order valence-electron chi connectivity index (χ4n) is 5.84. The van der Waals surface area contributed by atoms with E-state index in [0.717, 1.165) is 25.2 Å². The number of primary amides is 1. The number of ether oxygens (including phenoxy) is 1. The molecule has 0 radical (unpaired) electrons. The molecule has 4 N–H and O–H groups in total. The Morgan fingerprint density at radius 2 is 1.93 bits per heavy atom. The van der Waals surface area contributed by atoms with Crippen molar-refractivity contribution in [2.75, 3.05) is 32.8 Å². The van der Waals surface area contributed by atoms with E-state index in [0.29, 0.717) is 49.3 Å². The molecule has 1 aliphatic heterocycles. The van der Waals surface area contributed by atoms with Gasteiger partial charge in [-0.3, -0.25) is 14.5 Å². The number of pyridine rings is 1. The summed E-state index contributed by atoms with van der Waals surface area (Å²) in [5.74, 6) is -0.601. The van der Waals surface area contributed by atoms with Gasteiger partial charge in [-0.2, -0.15) is 4.99 Å². The van der Waals surface area contributed by atoms with Gasteiger partial charge in [0.1, 0.15) is 6.61 Å². The van der Waals surface area contributed by atoms with E-state index in [1.54, 1.807) is 6.20 Å². The first-order valence-electron chi connectivity index (χ1n) is 14.8. The van der Waals surface area contributed by atoms with Gasteiger partial charge in [0.15, 0.2) is 0 Å². The van der Waals surface area contributed by atoms with E-state index in [1.807, 2.05) is 10.6 Å². The number of aromatic nitrogens is 3. The van der Waals surface area contributed by atoms with Gasteiger partial charge in [-0.05, 0) is 69.8 Å². The van der Waals surface area contributed by atoms with Gasteiger partial charge in [0, 0.05) is 36.7 Å². The third kappa shape index (κ3) is 7.40. The Hall–Kier alpha value is -3.81. The molecule has 230 valence electrons. The van der Waals surface area contributed by atoms with Crippen LogP contribution in [0.4, 0.5) is 0 Å². The van der Waals surface area contributed by atoms with Gasteiger partial charge in [0.05, 0.1) is 22.1 Å². The van der Waals surface area contributed by atoms with Crippen molar-refractivity contribution in [1.29, 1.82) is 0 Å². The first-order valence-corrected chi connectivity index (χ1v) is 16.3. The molecule has 3 heterocycles. The average Bonchev–Trinajstić information content (AvgIpc) is 3.37. The minimum absolute atomic E-state index is 0.0414. The molecule has 3 aromatic rings. The zero-order chi connectivity index (χ0) is 30.4. The second-order valence-corrected chi connectivity index (χ2v) is 12.9. The Balaban J connectivity index is 1.46. The number of carbonyl (C=O) groups excluding carboxylic acids is 2. The van der Waals surface area contributed by atoms with Gasteiger partial charge < -0.3 is 20.0 Å². The summed E-state index contributed by atoms with van der Waals surface area (Å²) in [6.45, 7) is 7.11. The normalized spacial score (nSPS) is 20.2. The predicted molar refractivity (Wildman–Crippen MR) is 162 cm³/mol. The zero-order valence-electron chi connectivity index (χ0n) is 24.2. The number of fused-ring (bicyclic) bond motifs is 1. The molecule has 0 atom stereocenters. The fourth-order valence-corrected chi connectivity index (χ4v) is 6.88. The molecule has 1 aromatic carbocycles. The van der Waals surface area contributed by atoms with Crippen LogP contribution in [0.5, 0.6) is 5.88 Å². The van der Waals surface area contributed by atoms with Gasteiger partial charge in [-0.25, -0.2) is 18.1 Å². The molecular formula is C30H39N7O5S. The van der Waals surface area contributed by atoms with E-state index >= 15 is 0 Å². The van der Waals surface area contributed by atoms with Crippen molar-refractivity contribution in [3.05, 3.63) is 60.4 Å². The Kier molecular flexibility index (Phi) is 9.73. The number of likely N-dealkylation sites (tertiary alicyclic amines) is 1. The highest BCUT2D eigenvalue weighted by Gasteiger charge is 2.28. The van der Waals surface area contributed by atoms with Crippen molar-refractivity contribution in [1.82, 2.24) is 24.2 Å². The number of piperidine rings is 1. The van der Waals surface area contributed by atoms with Crippen LogP contribution in [0.3, 0.4) is 0 Å². The van der Waals surface area contributed by atoms with Crippen LogP contribution in [0.1, 0.15) is 61.3 Å². The van der Waals surface area contributed by atoms with Crippen LogP contribution < -0.4 is 20.8 Å². The number of imidazole rings is 1. The summed E-state index contributed by atoms with van der Waals surface area (Å²) in [7, 11) is -3.82. The van der Waals surface area contributed by atoms with Crippen LogP contribution in [0.25, 0.3) is 11.0 Å². The van der Waals surface area contributed by atoms with E-state index in [2.05, 4.69) is 31.2 Å². The van der Waals surface area contributed by atoms with Crippen molar-refractivity contribution in [3.63, 3.8) is 0 Å². The number of aromatic amines is 1. The molecule has 2 amide bonds. The second kappa shape index (κ2) is 13.7. The largest absolute Gasteiger partial charge is 0.476 e. The molecule has 5 rings (SSSR count). The predicted octanol–water partition coefficient (Wildman–Crippen LogP) is 2.65. The summed E-state index contributed by atoms with van der Waals surface area (Å²) < 4.78 is 35.6. The Morgan fingerprint density at radius 1 is 1.16 bits per heavy atom. The van der Waals surface area contributed by atoms with E-state index in [9.17, 15) is 18.0 Å². The molecule has 1 saturated heterocycles. The highest BCUT2D eigenvalue weighted by Crippen LogP contribution is 2.33. The van der Waals surface area contributed by atoms with Crippen molar-refractivity contribution in [2.45, 2.75) is 55.9 Å². The Morgan fingerprint density at radius 3 is 2.65 bits per heavy atom. The van der Waals surface area contributed by atoms with E-state index in [4.69, 9.17) is 10.5 Å². The SMILES string of the molecule is C=CCNS(=O)(=O)c1cccc(C(=O)/N=c2\[nH]c3cnc(OCCN4CCCCC4)cc3n2[C@H]2CC[C@H](C(N)=O)CC2)c1. The van der Waals surface area contributed by atoms with Crippen molar-refractivity contribution < 1.29 is 22.7 Å². The van der Waals surface area contributed by atoms with Gasteiger partial charge in [0.25, 0.3) is 5.91 Å². The van der Waals surface area contributed by atoms with Gasteiger partial charge in [0.2, 0.25) is 27.4 Å². The number of nitrogens with zero attached hydrogens (tertiary/aromatic N) is 4. The number of nitrogens with one attached hydrogen (secondary N) is 2. The molecule has 13 heteroatoms. The smallest absolute Gasteiger partial charge is 0.280 e. The van der Waals surface area contributed by atoms with Crippen LogP contribution in [-0.2, 0) is 14.8 Å². The molecule has 0 bridgehead atoms. The number of amides is 2. The average molecular weight is 610 g/mol. The van der Waals surface area contributed by atoms with E-state index < -0.39 is 15.9 Å². The van der Waals surface area contributed by atoms with Crippen molar-refractivity contribution >= 4 is 32.9 Å². The molecule has 1 saturated carbocycles. The van der Waals surface area contributed by atoms with Gasteiger partial charge in [-0.15, -0.1) is 6.58 Å². The highest BCUT2D eigenvalue weighted by molar-refractivity contribution is 7.89. The summed E-state index contributed by atoms with van der Waals surface area (Å²) in [4.78, 5) is 39.6. The van der Waals surface area contributed by atoms with Gasteiger partial charge in [-0.1, -0.05) is 18.6 Å². The number of rotatable bonds is 11. The standard InChI is InChI=1S/C30H39N7O5S/c1-2-13-33-43(40,41)24-8-6-7-22(18-24)29(39)35-30-34-25-20-32-27(42-17-16-36-14-4-3-5-15-36)19-26(25)37(30)23-11-9-21(10-12-23)28(31)38/h2,6-8,18-21,23,33H,1,3-5,9-17H2,(H2,31,38)(H,34,35,39)/t21-,23-. The number of H-pyrrole nitrogens is 1. The maximum atomic E-state index is 13.4. The molecule has 2 aliphatic rings. The quantitative estimate of drug-likeness (QED) is 0.281. The van der Waals surface area contributed by atoms with Crippen LogP contribution >= 0.6 is 0 Å². The third-order valence-electron chi connectivity index (χ3n) is 8.18. The molecule has 2 fully saturated rings. The molecule has 0 spiro atoms. The van der Waals surface area contributed by atoms with E-state index in [-0.39, 0.29) is 34.9 Å². The topological polar surface area (TPSA) is 165 Å². The lowest BCUT2D eigenvalue weighted by Crippen LogP contribution is -2.33. The van der Waals surface area contributed by atoms with E-state index in [1.165, 1.54) is 49.6 Å². The molecule has 0 unspecified atom stereocenters. The molecule has 2 aromatic heterocycles. The lowest BCUT2D eigenvalue weighted by molar-refractivity contribution is -0.122. The number of sulfonamides is 1. The van der Waals surface area contributed by atoms with Crippen molar-refractivity contribution in [2.24, 2.45) is 16.6 Å². The summed E-state index contributed by atoms with van der Waals surface area (Å²) in [5.41, 5.74) is 7.48. The maximum absolute atomic E-state index is 13.4. The number of hydrogen-bond donors (Lipinski definition) is 3. The van der Waals surface area contributed by atoms with Crippen LogP contribution in [0, 0.1) is 5.92 Å². The molecule has 12 nitrogen and oxygen atoms in total. The monoisotopic (exact) mass is 609 g/mol. The van der Waals surface area contributed by atoms with Crippen LogP contribution in [-0.4, -0.2) is 72.5 Å². The fraction of sp³-hybridized carbons (Fsp3) is 0.467. The van der Waals surface area contributed by atoms with Crippen LogP contribution in [0.15, 0.2) is 59.1 Å². The highest BCUT2D eigenvalue weighted by atomic mass is 32.2. The summed E-state index contributed by atoms with van der Waals surface area (Å²) in [5, 5.41) is 0. The summed E-state index contributed by atoms with van der Waals surface area (Å²) in [6.07, 6.45) is 9.43. The summed E-state index contributed by atoms with van der Waals surface area (Å²) >= 11 is 0. The number of carbonyl (C=O) groups is 2. The maximum Gasteiger partial charge on any atom is 0.280 e. The molecular weight excluding hydrogens is 570 g/mol. The molecule has 1 aliphatic carbocycles. The first-order chi connectivity index (χ1) is 20.7. The number of hydrogen-bond acceptors (Lipinski definition) is 7.